The number of ether oxygens (including phenoxy) is 1. The van der Waals surface area contributed by atoms with Gasteiger partial charge in [-0.1, -0.05) is 13.8 Å². The van der Waals surface area contributed by atoms with Gasteiger partial charge in [-0.3, -0.25) is 19.3 Å². The molecule has 1 saturated carbocycles. The second-order valence-electron chi connectivity index (χ2n) is 10.9. The largest absolute Gasteiger partial charge is 0.369 e. The molecule has 4 atom stereocenters. The molecule has 5 rings (SSSR count). The van der Waals surface area contributed by atoms with E-state index in [1.807, 2.05) is 44.4 Å². The van der Waals surface area contributed by atoms with Gasteiger partial charge < -0.3 is 19.9 Å². The van der Waals surface area contributed by atoms with Gasteiger partial charge in [0.2, 0.25) is 5.91 Å². The summed E-state index contributed by atoms with van der Waals surface area (Å²) in [5.74, 6) is -0.285. The predicted octanol–water partition coefficient (Wildman–Crippen LogP) is 2.03. The third-order valence-electron chi connectivity index (χ3n) is 7.91. The van der Waals surface area contributed by atoms with Crippen molar-refractivity contribution in [2.75, 3.05) is 50.5 Å². The molecule has 0 spiro atoms. The normalized spacial score (nSPS) is 27.4. The van der Waals surface area contributed by atoms with Gasteiger partial charge >= 0.3 is 0 Å². The number of likely N-dealkylation sites (tertiary alicyclic amines) is 1. The lowest BCUT2D eigenvalue weighted by Crippen LogP contribution is -2.52. The van der Waals surface area contributed by atoms with Crippen LogP contribution < -0.4 is 10.2 Å². The van der Waals surface area contributed by atoms with E-state index >= 15 is 0 Å². The van der Waals surface area contributed by atoms with Gasteiger partial charge in [0.1, 0.15) is 18.7 Å². The lowest BCUT2D eigenvalue weighted by Gasteiger charge is -2.36. The first kappa shape index (κ1) is 25.5. The fourth-order valence-corrected chi connectivity index (χ4v) is 6.60. The number of hydrogen-bond acceptors (Lipinski definition) is 7. The molecule has 1 aromatic carbocycles. The molecule has 1 aromatic rings. The fraction of sp³-hybridized carbons (Fsp3) is 0.667. The van der Waals surface area contributed by atoms with Gasteiger partial charge in [-0.05, 0) is 55.7 Å². The first-order chi connectivity index (χ1) is 17.4. The van der Waals surface area contributed by atoms with E-state index in [0.717, 1.165) is 37.9 Å². The molecular weight excluding hydrogens is 476 g/mol. The van der Waals surface area contributed by atoms with E-state index < -0.39 is 12.1 Å². The van der Waals surface area contributed by atoms with E-state index in [0.29, 0.717) is 18.5 Å². The van der Waals surface area contributed by atoms with Crippen molar-refractivity contribution in [3.63, 3.8) is 0 Å². The Labute approximate surface area is 218 Å². The number of anilines is 1. The van der Waals surface area contributed by atoms with Crippen molar-refractivity contribution in [1.82, 2.24) is 15.1 Å². The Morgan fingerprint density at radius 2 is 1.81 bits per heavy atom. The molecule has 1 N–H and O–H groups in total. The minimum atomic E-state index is -0.678. The molecule has 2 amide bonds. The summed E-state index contributed by atoms with van der Waals surface area (Å²) in [5.41, 5.74) is 1.67. The smallest absolute Gasteiger partial charge is 0.251 e. The molecule has 0 unspecified atom stereocenters. The average molecular weight is 515 g/mol. The SMILES string of the molecule is CS[C@H]1CN(C(=O)[C@H](CC(C)C)NC(=O)c2ccc(N3CCN(C4CC4)CC3)cc2)[C@@H]2C(=O)CO[C@H]12. The molecule has 196 valence electrons. The maximum atomic E-state index is 13.6. The summed E-state index contributed by atoms with van der Waals surface area (Å²) >= 11 is 1.62. The summed E-state index contributed by atoms with van der Waals surface area (Å²) in [6, 6.07) is 7.28. The third kappa shape index (κ3) is 5.29. The molecule has 4 aliphatic rings. The fourth-order valence-electron chi connectivity index (χ4n) is 5.79. The van der Waals surface area contributed by atoms with Crippen LogP contribution in [-0.4, -0.2) is 102 Å². The maximum absolute atomic E-state index is 13.6. The minimum Gasteiger partial charge on any atom is -0.369 e. The molecule has 3 saturated heterocycles. The van der Waals surface area contributed by atoms with E-state index in [1.54, 1.807) is 16.7 Å². The van der Waals surface area contributed by atoms with Crippen LogP contribution in [0.3, 0.4) is 0 Å². The predicted molar refractivity (Wildman–Crippen MR) is 142 cm³/mol. The Kier molecular flexibility index (Phi) is 7.60. The molecule has 0 aromatic heterocycles. The van der Waals surface area contributed by atoms with Crippen LogP contribution in [-0.2, 0) is 14.3 Å². The number of thioether (sulfide) groups is 1. The zero-order valence-corrected chi connectivity index (χ0v) is 22.3. The van der Waals surface area contributed by atoms with Gasteiger partial charge in [0.05, 0.1) is 11.4 Å². The first-order valence-electron chi connectivity index (χ1n) is 13.2. The summed E-state index contributed by atoms with van der Waals surface area (Å²) in [6.45, 7) is 8.78. The van der Waals surface area contributed by atoms with E-state index in [1.165, 1.54) is 12.8 Å². The third-order valence-corrected chi connectivity index (χ3v) is 8.93. The highest BCUT2D eigenvalue weighted by atomic mass is 32.2. The Morgan fingerprint density at radius 3 is 2.42 bits per heavy atom. The van der Waals surface area contributed by atoms with Crippen LogP contribution in [0, 0.1) is 5.92 Å². The van der Waals surface area contributed by atoms with Crippen molar-refractivity contribution in [2.45, 2.75) is 62.6 Å². The number of carbonyl (C=O) groups excluding carboxylic acids is 3. The Bertz CT molecular complexity index is 974. The number of piperazine rings is 1. The molecule has 1 aliphatic carbocycles. The van der Waals surface area contributed by atoms with Crippen molar-refractivity contribution in [3.05, 3.63) is 29.8 Å². The van der Waals surface area contributed by atoms with Crippen molar-refractivity contribution < 1.29 is 19.1 Å². The number of rotatable bonds is 8. The highest BCUT2D eigenvalue weighted by Gasteiger charge is 2.53. The van der Waals surface area contributed by atoms with Crippen LogP contribution >= 0.6 is 11.8 Å². The van der Waals surface area contributed by atoms with Crippen LogP contribution in [0.15, 0.2) is 24.3 Å². The van der Waals surface area contributed by atoms with Crippen LogP contribution in [0.5, 0.6) is 0 Å². The molecule has 36 heavy (non-hydrogen) atoms. The van der Waals surface area contributed by atoms with Crippen LogP contribution in [0.25, 0.3) is 0 Å². The standard InChI is InChI=1S/C27H38N4O4S/c1-17(2)14-21(27(34)31-15-23(36-3)25-24(31)22(32)16-35-25)28-26(33)18-4-6-19(7-5-18)29-10-12-30(13-11-29)20-8-9-20/h4-7,17,20-21,23-25H,8-16H2,1-3H3,(H,28,33)/t21-,23-,24+,25+/m0/s1. The van der Waals surface area contributed by atoms with Crippen LogP contribution in [0.1, 0.15) is 43.5 Å². The van der Waals surface area contributed by atoms with Gasteiger partial charge in [0.15, 0.2) is 5.78 Å². The number of Topliss-reactive ketones (excluding diaryl/α,β-unsaturated/α-hetero) is 1. The zero-order valence-electron chi connectivity index (χ0n) is 21.5. The van der Waals surface area contributed by atoms with Gasteiger partial charge in [-0.2, -0.15) is 11.8 Å². The lowest BCUT2D eigenvalue weighted by atomic mass is 10.0. The number of carbonyl (C=O) groups is 3. The van der Waals surface area contributed by atoms with Crippen molar-refractivity contribution in [3.8, 4) is 0 Å². The molecule has 0 radical (unpaired) electrons. The Morgan fingerprint density at radius 1 is 1.11 bits per heavy atom. The van der Waals surface area contributed by atoms with Crippen molar-refractivity contribution in [1.29, 1.82) is 0 Å². The lowest BCUT2D eigenvalue weighted by molar-refractivity contribution is -0.138. The summed E-state index contributed by atoms with van der Waals surface area (Å²) in [4.78, 5) is 45.9. The molecule has 8 nitrogen and oxygen atoms in total. The van der Waals surface area contributed by atoms with E-state index in [2.05, 4.69) is 15.1 Å². The number of fused-ring (bicyclic) bond motifs is 1. The number of hydrogen-bond donors (Lipinski definition) is 1. The van der Waals surface area contributed by atoms with Gasteiger partial charge in [-0.15, -0.1) is 0 Å². The zero-order chi connectivity index (χ0) is 25.4. The number of nitrogens with zero attached hydrogens (tertiary/aromatic N) is 3. The minimum absolute atomic E-state index is 0.0481. The highest BCUT2D eigenvalue weighted by molar-refractivity contribution is 7.99. The number of amides is 2. The molecule has 3 heterocycles. The number of nitrogens with one attached hydrogen (secondary N) is 1. The topological polar surface area (TPSA) is 82.2 Å². The molecule has 4 fully saturated rings. The Hall–Kier alpha value is -2.10. The van der Waals surface area contributed by atoms with Crippen LogP contribution in [0.2, 0.25) is 0 Å². The molecule has 0 bridgehead atoms. The van der Waals surface area contributed by atoms with Gasteiger partial charge in [0, 0.05) is 50.0 Å². The second kappa shape index (κ2) is 10.7. The molecule has 9 heteroatoms. The van der Waals surface area contributed by atoms with E-state index in [-0.39, 0.29) is 41.5 Å². The maximum Gasteiger partial charge on any atom is 0.251 e. The molecular formula is C27H38N4O4S. The summed E-state index contributed by atoms with van der Waals surface area (Å²) in [5, 5.41) is 3.05. The van der Waals surface area contributed by atoms with E-state index in [4.69, 9.17) is 4.74 Å². The van der Waals surface area contributed by atoms with Crippen LogP contribution in [0.4, 0.5) is 5.69 Å². The van der Waals surface area contributed by atoms with Crippen molar-refractivity contribution >= 4 is 35.0 Å². The summed E-state index contributed by atoms with van der Waals surface area (Å²) < 4.78 is 5.71. The van der Waals surface area contributed by atoms with Gasteiger partial charge in [0.25, 0.3) is 5.91 Å². The van der Waals surface area contributed by atoms with Crippen molar-refractivity contribution in [2.24, 2.45) is 5.92 Å². The first-order valence-corrected chi connectivity index (χ1v) is 14.5. The summed E-state index contributed by atoms with van der Waals surface area (Å²) in [6.07, 6.45) is 4.91. The van der Waals surface area contributed by atoms with Gasteiger partial charge in [-0.25, -0.2) is 0 Å². The summed E-state index contributed by atoms with van der Waals surface area (Å²) in [7, 11) is 0. The number of benzene rings is 1. The number of ketones is 1. The Balaban J connectivity index is 1.23. The monoisotopic (exact) mass is 514 g/mol. The molecule has 3 aliphatic heterocycles. The average Bonchev–Trinajstić information content (AvgIpc) is 3.57. The highest BCUT2D eigenvalue weighted by Crippen LogP contribution is 2.34. The second-order valence-corrected chi connectivity index (χ2v) is 12.0. The van der Waals surface area contributed by atoms with E-state index in [9.17, 15) is 14.4 Å². The quantitative estimate of drug-likeness (QED) is 0.569.